The average Bonchev–Trinajstić information content (AvgIpc) is 3.47. The Labute approximate surface area is 198 Å². The number of hydrogen-bond donors (Lipinski definition) is 2. The zero-order valence-corrected chi connectivity index (χ0v) is 18.9. The summed E-state index contributed by atoms with van der Waals surface area (Å²) in [7, 11) is 0. The number of amides is 1. The molecule has 1 unspecified atom stereocenters. The van der Waals surface area contributed by atoms with Gasteiger partial charge >= 0.3 is 0 Å². The molecule has 1 saturated heterocycles. The van der Waals surface area contributed by atoms with E-state index in [1.165, 1.54) is 6.33 Å². The molecule has 172 valence electrons. The lowest BCUT2D eigenvalue weighted by atomic mass is 10.0. The smallest absolute Gasteiger partial charge is 0.298 e. The van der Waals surface area contributed by atoms with E-state index in [0.29, 0.717) is 12.4 Å². The number of benzene rings is 2. The van der Waals surface area contributed by atoms with Gasteiger partial charge in [0.25, 0.3) is 5.91 Å². The molecule has 34 heavy (non-hydrogen) atoms. The summed E-state index contributed by atoms with van der Waals surface area (Å²) < 4.78 is 5.92. The monoisotopic (exact) mass is 454 g/mol. The third kappa shape index (κ3) is 4.26. The lowest BCUT2D eigenvalue weighted by molar-refractivity contribution is -0.125. The molecule has 0 spiro atoms. The highest BCUT2D eigenvalue weighted by Crippen LogP contribution is 2.39. The summed E-state index contributed by atoms with van der Waals surface area (Å²) in [6, 6.07) is 17.4. The lowest BCUT2D eigenvalue weighted by Gasteiger charge is -2.28. The van der Waals surface area contributed by atoms with Crippen molar-refractivity contribution in [1.29, 1.82) is 0 Å². The second kappa shape index (κ2) is 9.41. The van der Waals surface area contributed by atoms with Crippen LogP contribution >= 0.6 is 0 Å². The van der Waals surface area contributed by atoms with Crippen molar-refractivity contribution >= 4 is 17.5 Å². The molecule has 3 heterocycles. The zero-order valence-electron chi connectivity index (χ0n) is 18.9. The Balaban J connectivity index is 1.37. The highest BCUT2D eigenvalue weighted by atomic mass is 16.5. The van der Waals surface area contributed by atoms with Gasteiger partial charge in [-0.2, -0.15) is 0 Å². The second-order valence-corrected chi connectivity index (χ2v) is 8.32. The van der Waals surface area contributed by atoms with E-state index in [0.717, 1.165) is 47.8 Å². The van der Waals surface area contributed by atoms with Crippen LogP contribution in [0.15, 0.2) is 60.9 Å². The normalized spacial score (nSPS) is 18.9. The molecule has 0 bridgehead atoms. The molecule has 8 nitrogen and oxygen atoms in total. The first kappa shape index (κ1) is 21.7. The highest BCUT2D eigenvalue weighted by Gasteiger charge is 2.37. The van der Waals surface area contributed by atoms with Crippen LogP contribution in [0.4, 0.5) is 11.6 Å². The fraction of sp³-hybridized carbons (Fsp3) is 0.269. The van der Waals surface area contributed by atoms with Crippen LogP contribution in [-0.2, 0) is 4.79 Å². The largest absolute Gasteiger partial charge is 0.457 e. The first-order valence-electron chi connectivity index (χ1n) is 11.3. The number of aromatic nitrogens is 2. The van der Waals surface area contributed by atoms with E-state index in [2.05, 4.69) is 27.2 Å². The molecular formula is C26H26N6O2. The number of carbonyl (C=O) groups is 1. The number of hydrazine groups is 1. The highest BCUT2D eigenvalue weighted by molar-refractivity contribution is 5.93. The van der Waals surface area contributed by atoms with Gasteiger partial charge in [-0.05, 0) is 55.5 Å². The SMILES string of the molecule is CC#CC(=O)N1CCC[C@@H]1CN1NC(c2ccc(Oc3ccccc3)cc2)c2c(N)ncnc21. The molecule has 2 aliphatic heterocycles. The van der Waals surface area contributed by atoms with Crippen molar-refractivity contribution in [3.63, 3.8) is 0 Å². The minimum absolute atomic E-state index is 0.0466. The second-order valence-electron chi connectivity index (χ2n) is 8.32. The van der Waals surface area contributed by atoms with E-state index in [-0.39, 0.29) is 18.0 Å². The van der Waals surface area contributed by atoms with Gasteiger partial charge in [-0.3, -0.25) is 9.80 Å². The van der Waals surface area contributed by atoms with Gasteiger partial charge in [0.15, 0.2) is 5.82 Å². The molecule has 2 aliphatic rings. The number of nitrogens with one attached hydrogen (secondary N) is 1. The van der Waals surface area contributed by atoms with Gasteiger partial charge in [0.1, 0.15) is 23.6 Å². The maximum absolute atomic E-state index is 12.4. The number of para-hydroxylation sites is 1. The van der Waals surface area contributed by atoms with Crippen molar-refractivity contribution < 1.29 is 9.53 Å². The van der Waals surface area contributed by atoms with Crippen molar-refractivity contribution in [3.8, 4) is 23.3 Å². The molecule has 0 radical (unpaired) electrons. The average molecular weight is 455 g/mol. The van der Waals surface area contributed by atoms with Crippen LogP contribution in [0.1, 0.15) is 36.9 Å². The Bertz CT molecular complexity index is 1240. The van der Waals surface area contributed by atoms with Crippen LogP contribution in [0.25, 0.3) is 0 Å². The number of fused-ring (bicyclic) bond motifs is 1. The fourth-order valence-corrected chi connectivity index (χ4v) is 4.59. The van der Waals surface area contributed by atoms with Gasteiger partial charge in [0, 0.05) is 6.54 Å². The molecule has 2 atom stereocenters. The Morgan fingerprint density at radius 3 is 2.68 bits per heavy atom. The molecule has 1 aromatic heterocycles. The van der Waals surface area contributed by atoms with Crippen molar-refractivity contribution in [2.75, 3.05) is 23.8 Å². The Morgan fingerprint density at radius 1 is 1.15 bits per heavy atom. The molecule has 3 aromatic rings. The van der Waals surface area contributed by atoms with E-state index in [1.807, 2.05) is 64.5 Å². The number of anilines is 2. The number of hydrogen-bond acceptors (Lipinski definition) is 7. The van der Waals surface area contributed by atoms with Crippen molar-refractivity contribution in [2.45, 2.75) is 31.8 Å². The van der Waals surface area contributed by atoms with Gasteiger partial charge in [-0.25, -0.2) is 15.4 Å². The minimum Gasteiger partial charge on any atom is -0.457 e. The van der Waals surface area contributed by atoms with Crippen LogP contribution in [0, 0.1) is 11.8 Å². The number of nitrogens with zero attached hydrogens (tertiary/aromatic N) is 4. The van der Waals surface area contributed by atoms with Crippen molar-refractivity contribution in [3.05, 3.63) is 72.1 Å². The van der Waals surface area contributed by atoms with E-state index in [4.69, 9.17) is 10.5 Å². The number of rotatable bonds is 5. The maximum atomic E-state index is 12.4. The van der Waals surface area contributed by atoms with Crippen molar-refractivity contribution in [1.82, 2.24) is 20.3 Å². The molecule has 8 heteroatoms. The van der Waals surface area contributed by atoms with Gasteiger partial charge in [0.05, 0.1) is 24.2 Å². The van der Waals surface area contributed by atoms with E-state index >= 15 is 0 Å². The van der Waals surface area contributed by atoms with Crippen LogP contribution < -0.4 is 20.9 Å². The van der Waals surface area contributed by atoms with E-state index in [1.54, 1.807) is 6.92 Å². The summed E-state index contributed by atoms with van der Waals surface area (Å²) >= 11 is 0. The quantitative estimate of drug-likeness (QED) is 0.571. The molecule has 1 fully saturated rings. The van der Waals surface area contributed by atoms with E-state index in [9.17, 15) is 4.79 Å². The first-order chi connectivity index (χ1) is 16.6. The third-order valence-electron chi connectivity index (χ3n) is 6.18. The Hall–Kier alpha value is -4.09. The molecular weight excluding hydrogens is 428 g/mol. The molecule has 1 amide bonds. The van der Waals surface area contributed by atoms with Gasteiger partial charge in [-0.15, -0.1) is 0 Å². The lowest BCUT2D eigenvalue weighted by Crippen LogP contribution is -2.46. The third-order valence-corrected chi connectivity index (χ3v) is 6.18. The molecule has 0 aliphatic carbocycles. The summed E-state index contributed by atoms with van der Waals surface area (Å²) in [5.41, 5.74) is 11.7. The molecule has 5 rings (SSSR count). The topological polar surface area (TPSA) is 96.6 Å². The maximum Gasteiger partial charge on any atom is 0.298 e. The number of likely N-dealkylation sites (tertiary alicyclic amines) is 1. The summed E-state index contributed by atoms with van der Waals surface area (Å²) in [4.78, 5) is 23.0. The summed E-state index contributed by atoms with van der Waals surface area (Å²) in [5.74, 6) is 7.96. The van der Waals surface area contributed by atoms with Gasteiger partial charge in [-0.1, -0.05) is 36.3 Å². The molecule has 0 saturated carbocycles. The number of carbonyl (C=O) groups excluding carboxylic acids is 1. The zero-order chi connectivity index (χ0) is 23.5. The van der Waals surface area contributed by atoms with Crippen LogP contribution in [0.3, 0.4) is 0 Å². The van der Waals surface area contributed by atoms with E-state index < -0.39 is 0 Å². The number of nitrogen functional groups attached to an aromatic ring is 1. The predicted octanol–water partition coefficient (Wildman–Crippen LogP) is 3.28. The molecule has 3 N–H and O–H groups in total. The van der Waals surface area contributed by atoms with Crippen LogP contribution in [-0.4, -0.2) is 39.9 Å². The summed E-state index contributed by atoms with van der Waals surface area (Å²) in [6.07, 6.45) is 3.35. The number of ether oxygens (including phenoxy) is 1. The van der Waals surface area contributed by atoms with Gasteiger partial charge < -0.3 is 15.4 Å². The predicted molar refractivity (Wildman–Crippen MR) is 130 cm³/mol. The summed E-state index contributed by atoms with van der Waals surface area (Å²) in [5, 5.41) is 1.99. The van der Waals surface area contributed by atoms with Crippen LogP contribution in [0.2, 0.25) is 0 Å². The standard InChI is InChI=1S/C26H26N6O2/c1-2-7-22(33)31-15-6-8-19(31)16-32-26-23(25(27)28-17-29-26)24(30-32)18-11-13-21(14-12-18)34-20-9-4-3-5-10-20/h3-5,9-14,17,19,24,30H,6,8,15-16H2,1H3,(H2,27,28,29)/t19-,24?/m1/s1. The van der Waals surface area contributed by atoms with Crippen LogP contribution in [0.5, 0.6) is 11.5 Å². The fourth-order valence-electron chi connectivity index (χ4n) is 4.59. The molecule has 2 aromatic carbocycles. The number of nitrogens with two attached hydrogens (primary N) is 1. The van der Waals surface area contributed by atoms with Crippen molar-refractivity contribution in [2.24, 2.45) is 0 Å². The minimum atomic E-state index is -0.206. The Kier molecular flexibility index (Phi) is 6.02. The van der Waals surface area contributed by atoms with Gasteiger partial charge in [0.2, 0.25) is 0 Å². The Morgan fingerprint density at radius 2 is 1.91 bits per heavy atom. The first-order valence-corrected chi connectivity index (χ1v) is 11.3. The summed E-state index contributed by atoms with van der Waals surface area (Å²) in [6.45, 7) is 2.99.